The van der Waals surface area contributed by atoms with E-state index >= 15 is 0 Å². The van der Waals surface area contributed by atoms with E-state index in [-0.39, 0.29) is 0 Å². The van der Waals surface area contributed by atoms with Crippen LogP contribution in [0.1, 0.15) is 76.0 Å². The van der Waals surface area contributed by atoms with Crippen LogP contribution < -0.4 is 0 Å². The molecule has 0 bridgehead atoms. The summed E-state index contributed by atoms with van der Waals surface area (Å²) in [6, 6.07) is 19.2. The number of nitrogens with zero attached hydrogens (tertiary/aromatic N) is 2. The van der Waals surface area contributed by atoms with Gasteiger partial charge in [0.2, 0.25) is 0 Å². The highest BCUT2D eigenvalue weighted by Crippen LogP contribution is 2.36. The highest BCUT2D eigenvalue weighted by Gasteiger charge is 2.28. The summed E-state index contributed by atoms with van der Waals surface area (Å²) in [5.41, 5.74) is 4.84. The summed E-state index contributed by atoms with van der Waals surface area (Å²) < 4.78 is 0. The molecule has 0 N–H and O–H groups in total. The topological polar surface area (TPSA) is 24.7 Å². The molecule has 0 saturated heterocycles. The quantitative estimate of drug-likeness (QED) is 0.334. The summed E-state index contributed by atoms with van der Waals surface area (Å²) in [7, 11) is 0. The lowest BCUT2D eigenvalue weighted by molar-refractivity contribution is 0.232. The Morgan fingerprint density at radius 3 is 2.28 bits per heavy atom. The van der Waals surface area contributed by atoms with Crippen LogP contribution in [-0.2, 0) is 6.42 Å². The van der Waals surface area contributed by atoms with Crippen molar-refractivity contribution in [1.82, 2.24) is 0 Å². The van der Waals surface area contributed by atoms with Crippen molar-refractivity contribution in [2.24, 2.45) is 28.0 Å². The second kappa shape index (κ2) is 11.1. The predicted octanol–water partition coefficient (Wildman–Crippen LogP) is 7.31. The second-order valence-corrected chi connectivity index (χ2v) is 8.57. The van der Waals surface area contributed by atoms with Crippen LogP contribution in [-0.4, -0.2) is 11.9 Å². The van der Waals surface area contributed by atoms with Crippen LogP contribution in [0.4, 0.5) is 0 Å². The van der Waals surface area contributed by atoms with Crippen molar-refractivity contribution in [3.05, 3.63) is 71.3 Å². The minimum absolute atomic E-state index is 0.516. The van der Waals surface area contributed by atoms with Crippen LogP contribution >= 0.6 is 0 Å². The Hall–Kier alpha value is -2.22. The van der Waals surface area contributed by atoms with Gasteiger partial charge in [0.1, 0.15) is 0 Å². The van der Waals surface area contributed by atoms with E-state index in [0.29, 0.717) is 5.92 Å². The lowest BCUT2D eigenvalue weighted by Crippen LogP contribution is -2.25. The van der Waals surface area contributed by atoms with Crippen molar-refractivity contribution in [1.29, 1.82) is 0 Å². The average Bonchev–Trinajstić information content (AvgIpc) is 2.78. The van der Waals surface area contributed by atoms with Gasteiger partial charge in [0.05, 0.1) is 11.9 Å². The Labute approximate surface area is 177 Å². The monoisotopic (exact) mass is 388 g/mol. The third-order valence-corrected chi connectivity index (χ3v) is 6.54. The molecule has 0 amide bonds. The fourth-order valence-electron chi connectivity index (χ4n) is 4.63. The van der Waals surface area contributed by atoms with Crippen molar-refractivity contribution in [2.45, 2.75) is 65.7 Å². The van der Waals surface area contributed by atoms with Crippen molar-refractivity contribution < 1.29 is 0 Å². The van der Waals surface area contributed by atoms with E-state index in [1.807, 2.05) is 6.21 Å². The van der Waals surface area contributed by atoms with Gasteiger partial charge < -0.3 is 0 Å². The van der Waals surface area contributed by atoms with Gasteiger partial charge >= 0.3 is 0 Å². The van der Waals surface area contributed by atoms with Gasteiger partial charge in [0.25, 0.3) is 0 Å². The Morgan fingerprint density at radius 2 is 1.66 bits per heavy atom. The Morgan fingerprint density at radius 1 is 0.966 bits per heavy atom. The van der Waals surface area contributed by atoms with E-state index in [9.17, 15) is 0 Å². The molecule has 29 heavy (non-hydrogen) atoms. The van der Waals surface area contributed by atoms with Crippen LogP contribution in [0.25, 0.3) is 0 Å². The largest absolute Gasteiger partial charge is 0.158 e. The number of rotatable bonds is 8. The molecular weight excluding hydrogens is 352 g/mol. The minimum atomic E-state index is 0.516. The van der Waals surface area contributed by atoms with Gasteiger partial charge in [0.15, 0.2) is 0 Å². The van der Waals surface area contributed by atoms with Gasteiger partial charge in [-0.1, -0.05) is 88.2 Å². The number of benzene rings is 2. The first-order valence-corrected chi connectivity index (χ1v) is 11.5. The Bertz CT molecular complexity index is 781. The van der Waals surface area contributed by atoms with Gasteiger partial charge in [-0.25, -0.2) is 0 Å². The third kappa shape index (κ3) is 6.13. The summed E-state index contributed by atoms with van der Waals surface area (Å²) in [5, 5.41) is 9.24. The smallest absolute Gasteiger partial charge is 0.0733 e. The molecular formula is C27H36N2. The fourth-order valence-corrected chi connectivity index (χ4v) is 4.63. The molecule has 2 aromatic rings. The zero-order valence-electron chi connectivity index (χ0n) is 18.3. The van der Waals surface area contributed by atoms with E-state index in [4.69, 9.17) is 5.10 Å². The molecule has 0 aliphatic heterocycles. The number of aryl methyl sites for hydroxylation is 1. The molecule has 0 heterocycles. The van der Waals surface area contributed by atoms with E-state index in [1.54, 1.807) is 0 Å². The lowest BCUT2D eigenvalue weighted by Gasteiger charge is -2.32. The lowest BCUT2D eigenvalue weighted by atomic mass is 9.73. The summed E-state index contributed by atoms with van der Waals surface area (Å²) in [5.74, 6) is 2.24. The molecule has 0 radical (unpaired) electrons. The molecule has 2 nitrogen and oxygen atoms in total. The van der Waals surface area contributed by atoms with E-state index in [1.165, 1.54) is 49.7 Å². The Balaban J connectivity index is 1.73. The highest BCUT2D eigenvalue weighted by molar-refractivity contribution is 6.02. The molecule has 1 saturated carbocycles. The van der Waals surface area contributed by atoms with Gasteiger partial charge in [-0.15, -0.1) is 0 Å². The maximum Gasteiger partial charge on any atom is 0.0733 e. The van der Waals surface area contributed by atoms with Gasteiger partial charge in [0, 0.05) is 5.92 Å². The van der Waals surface area contributed by atoms with Crippen LogP contribution in [0.2, 0.25) is 0 Å². The SMILES string of the molecule is CCCC(C)C1CCC(C(=NN=Cc2ccc(CC)cc2)c2ccccc2)CC1. The molecule has 1 aliphatic rings. The molecule has 1 fully saturated rings. The van der Waals surface area contributed by atoms with Crippen molar-refractivity contribution >= 4 is 11.9 Å². The molecule has 1 aliphatic carbocycles. The van der Waals surface area contributed by atoms with Gasteiger partial charge in [-0.05, 0) is 60.6 Å². The first-order chi connectivity index (χ1) is 14.2. The zero-order chi connectivity index (χ0) is 20.5. The van der Waals surface area contributed by atoms with Crippen LogP contribution in [0, 0.1) is 17.8 Å². The predicted molar refractivity (Wildman–Crippen MR) is 126 cm³/mol. The van der Waals surface area contributed by atoms with E-state index in [2.05, 4.69) is 80.5 Å². The first kappa shape index (κ1) is 21.5. The van der Waals surface area contributed by atoms with Crippen molar-refractivity contribution in [2.75, 3.05) is 0 Å². The molecule has 1 unspecified atom stereocenters. The number of hydrogen-bond acceptors (Lipinski definition) is 2. The standard InChI is InChI=1S/C27H36N2/c1-4-9-21(3)24-16-18-26(19-17-24)27(25-10-7-6-8-11-25)29-28-20-23-14-12-22(5-2)13-15-23/h6-8,10-15,20-21,24,26H,4-5,9,16-19H2,1-3H3. The molecule has 2 heteroatoms. The second-order valence-electron chi connectivity index (χ2n) is 8.57. The third-order valence-electron chi connectivity index (χ3n) is 6.54. The summed E-state index contributed by atoms with van der Waals surface area (Å²) in [6.45, 7) is 6.92. The molecule has 1 atom stereocenters. The highest BCUT2D eigenvalue weighted by atomic mass is 15.2. The maximum absolute atomic E-state index is 4.75. The Kier molecular flexibility index (Phi) is 8.22. The molecule has 0 spiro atoms. The van der Waals surface area contributed by atoms with Gasteiger partial charge in [-0.3, -0.25) is 0 Å². The van der Waals surface area contributed by atoms with Crippen molar-refractivity contribution in [3.8, 4) is 0 Å². The summed E-state index contributed by atoms with van der Waals surface area (Å²) >= 11 is 0. The van der Waals surface area contributed by atoms with E-state index in [0.717, 1.165) is 29.5 Å². The minimum Gasteiger partial charge on any atom is -0.158 e. The summed E-state index contributed by atoms with van der Waals surface area (Å²) in [6.07, 6.45) is 10.7. The summed E-state index contributed by atoms with van der Waals surface area (Å²) in [4.78, 5) is 0. The molecule has 0 aromatic heterocycles. The van der Waals surface area contributed by atoms with Crippen LogP contribution in [0.3, 0.4) is 0 Å². The van der Waals surface area contributed by atoms with E-state index < -0.39 is 0 Å². The number of hydrogen-bond donors (Lipinski definition) is 0. The maximum atomic E-state index is 4.75. The normalized spacial score (nSPS) is 21.4. The average molecular weight is 389 g/mol. The van der Waals surface area contributed by atoms with Crippen LogP contribution in [0.15, 0.2) is 64.8 Å². The fraction of sp³-hybridized carbons (Fsp3) is 0.481. The molecule has 2 aromatic carbocycles. The van der Waals surface area contributed by atoms with Gasteiger partial charge in [-0.2, -0.15) is 10.2 Å². The van der Waals surface area contributed by atoms with Crippen LogP contribution in [0.5, 0.6) is 0 Å². The molecule has 3 rings (SSSR count). The zero-order valence-corrected chi connectivity index (χ0v) is 18.3. The molecule has 154 valence electrons. The first-order valence-electron chi connectivity index (χ1n) is 11.5. The van der Waals surface area contributed by atoms with Crippen molar-refractivity contribution in [3.63, 3.8) is 0 Å².